The Morgan fingerprint density at radius 1 is 1.60 bits per heavy atom. The van der Waals surface area contributed by atoms with Crippen LogP contribution in [0.25, 0.3) is 0 Å². The molecule has 0 radical (unpaired) electrons. The topological polar surface area (TPSA) is 53.4 Å². The van der Waals surface area contributed by atoms with Gasteiger partial charge < -0.3 is 10.0 Å². The number of nitrogens with zero attached hydrogens (tertiary/aromatic N) is 2. The molecule has 1 aromatic heterocycles. The summed E-state index contributed by atoms with van der Waals surface area (Å²) in [7, 11) is 0. The van der Waals surface area contributed by atoms with Crippen LogP contribution in [0, 0.1) is 6.92 Å². The zero-order valence-electron chi connectivity index (χ0n) is 9.06. The molecule has 0 saturated carbocycles. The molecule has 0 aliphatic carbocycles. The van der Waals surface area contributed by atoms with Crippen LogP contribution in [0.2, 0.25) is 0 Å². The maximum Gasteiger partial charge on any atom is 0.265 e. The Kier molecular flexibility index (Phi) is 4.71. The Morgan fingerprint density at radius 3 is 2.80 bits per heavy atom. The molecular formula is C10H16N2O2S. The third-order valence-electron chi connectivity index (χ3n) is 1.98. The first-order valence-corrected chi connectivity index (χ1v) is 5.83. The molecule has 1 heterocycles. The Labute approximate surface area is 93.6 Å². The fraction of sp³-hybridized carbons (Fsp3) is 0.600. The Balaban J connectivity index is 2.71. The zero-order chi connectivity index (χ0) is 11.3. The largest absolute Gasteiger partial charge is 0.395 e. The van der Waals surface area contributed by atoms with Gasteiger partial charge in [-0.1, -0.05) is 6.92 Å². The van der Waals surface area contributed by atoms with E-state index in [-0.39, 0.29) is 12.5 Å². The number of aromatic nitrogens is 1. The standard InChI is InChI=1S/C10H16N2O2S/c1-3-4-12(5-6-13)10(14)9-7-11-8(2)15-9/h7,13H,3-6H2,1-2H3. The molecule has 5 heteroatoms. The van der Waals surface area contributed by atoms with Crippen LogP contribution in [0.5, 0.6) is 0 Å². The SMILES string of the molecule is CCCN(CCO)C(=O)c1cnc(C)s1. The van der Waals surface area contributed by atoms with Crippen molar-refractivity contribution in [2.45, 2.75) is 20.3 Å². The smallest absolute Gasteiger partial charge is 0.265 e. The molecular weight excluding hydrogens is 212 g/mol. The van der Waals surface area contributed by atoms with Crippen molar-refractivity contribution >= 4 is 17.2 Å². The molecule has 0 aliphatic rings. The molecule has 15 heavy (non-hydrogen) atoms. The fourth-order valence-electron chi connectivity index (χ4n) is 1.32. The van der Waals surface area contributed by atoms with Crippen LogP contribution in [-0.4, -0.2) is 40.6 Å². The van der Waals surface area contributed by atoms with E-state index >= 15 is 0 Å². The van der Waals surface area contributed by atoms with Gasteiger partial charge in [-0.05, 0) is 13.3 Å². The van der Waals surface area contributed by atoms with Gasteiger partial charge in [-0.3, -0.25) is 4.79 Å². The van der Waals surface area contributed by atoms with Gasteiger partial charge in [0.25, 0.3) is 5.91 Å². The first kappa shape index (κ1) is 12.1. The molecule has 0 aliphatic heterocycles. The molecule has 4 nitrogen and oxygen atoms in total. The minimum absolute atomic E-state index is 0.00350. The second-order valence-electron chi connectivity index (χ2n) is 3.26. The van der Waals surface area contributed by atoms with Gasteiger partial charge in [-0.25, -0.2) is 4.98 Å². The summed E-state index contributed by atoms with van der Waals surface area (Å²) in [6.07, 6.45) is 2.49. The van der Waals surface area contributed by atoms with E-state index in [0.29, 0.717) is 18.0 Å². The van der Waals surface area contributed by atoms with E-state index in [4.69, 9.17) is 5.11 Å². The molecule has 0 spiro atoms. The van der Waals surface area contributed by atoms with Crippen molar-refractivity contribution in [3.05, 3.63) is 16.1 Å². The van der Waals surface area contributed by atoms with Crippen molar-refractivity contribution in [1.82, 2.24) is 9.88 Å². The summed E-state index contributed by atoms with van der Waals surface area (Å²) in [6, 6.07) is 0. The molecule has 0 unspecified atom stereocenters. The summed E-state index contributed by atoms with van der Waals surface area (Å²) in [4.78, 5) is 18.3. The lowest BCUT2D eigenvalue weighted by atomic mass is 10.3. The number of amides is 1. The number of aliphatic hydroxyl groups excluding tert-OH is 1. The predicted molar refractivity (Wildman–Crippen MR) is 60.1 cm³/mol. The van der Waals surface area contributed by atoms with Crippen LogP contribution in [0.1, 0.15) is 28.0 Å². The molecule has 1 aromatic rings. The molecule has 1 N–H and O–H groups in total. The van der Waals surface area contributed by atoms with E-state index in [1.54, 1.807) is 11.1 Å². The van der Waals surface area contributed by atoms with Crippen LogP contribution < -0.4 is 0 Å². The van der Waals surface area contributed by atoms with Crippen LogP contribution in [0.4, 0.5) is 0 Å². The van der Waals surface area contributed by atoms with E-state index in [0.717, 1.165) is 11.4 Å². The van der Waals surface area contributed by atoms with Gasteiger partial charge in [0.2, 0.25) is 0 Å². The van der Waals surface area contributed by atoms with Crippen LogP contribution in [-0.2, 0) is 0 Å². The van der Waals surface area contributed by atoms with Crippen molar-refractivity contribution in [3.8, 4) is 0 Å². The average Bonchev–Trinajstić information content (AvgIpc) is 2.63. The molecule has 0 bridgehead atoms. The van der Waals surface area contributed by atoms with Crippen molar-refractivity contribution in [2.24, 2.45) is 0 Å². The van der Waals surface area contributed by atoms with Crippen molar-refractivity contribution in [2.75, 3.05) is 19.7 Å². The lowest BCUT2D eigenvalue weighted by molar-refractivity contribution is 0.0726. The third-order valence-corrected chi connectivity index (χ3v) is 2.88. The molecule has 84 valence electrons. The fourth-order valence-corrected chi connectivity index (χ4v) is 2.07. The number of hydrogen-bond acceptors (Lipinski definition) is 4. The maximum absolute atomic E-state index is 11.9. The quantitative estimate of drug-likeness (QED) is 0.826. The van der Waals surface area contributed by atoms with Crippen LogP contribution >= 0.6 is 11.3 Å². The van der Waals surface area contributed by atoms with Crippen molar-refractivity contribution in [1.29, 1.82) is 0 Å². The summed E-state index contributed by atoms with van der Waals surface area (Å²) in [5, 5.41) is 9.75. The van der Waals surface area contributed by atoms with Crippen molar-refractivity contribution in [3.63, 3.8) is 0 Å². The van der Waals surface area contributed by atoms with E-state index in [2.05, 4.69) is 4.98 Å². The summed E-state index contributed by atoms with van der Waals surface area (Å²) in [6.45, 7) is 4.96. The molecule has 0 fully saturated rings. The van der Waals surface area contributed by atoms with Gasteiger partial charge in [0, 0.05) is 13.1 Å². The lowest BCUT2D eigenvalue weighted by Gasteiger charge is -2.19. The Hall–Kier alpha value is -0.940. The minimum atomic E-state index is -0.0310. The minimum Gasteiger partial charge on any atom is -0.395 e. The number of hydrogen-bond donors (Lipinski definition) is 1. The first-order chi connectivity index (χ1) is 7.19. The molecule has 0 aromatic carbocycles. The number of aliphatic hydroxyl groups is 1. The molecule has 0 saturated heterocycles. The highest BCUT2D eigenvalue weighted by Gasteiger charge is 2.16. The maximum atomic E-state index is 11.9. The van der Waals surface area contributed by atoms with Gasteiger partial charge >= 0.3 is 0 Å². The highest BCUT2D eigenvalue weighted by molar-refractivity contribution is 7.13. The number of thiazole rings is 1. The van der Waals surface area contributed by atoms with Gasteiger partial charge in [-0.2, -0.15) is 0 Å². The monoisotopic (exact) mass is 228 g/mol. The van der Waals surface area contributed by atoms with Crippen molar-refractivity contribution < 1.29 is 9.90 Å². The van der Waals surface area contributed by atoms with Crippen LogP contribution in [0.3, 0.4) is 0 Å². The van der Waals surface area contributed by atoms with E-state index in [1.165, 1.54) is 11.3 Å². The van der Waals surface area contributed by atoms with Crippen LogP contribution in [0.15, 0.2) is 6.20 Å². The Bertz CT molecular complexity index is 319. The predicted octanol–water partition coefficient (Wildman–Crippen LogP) is 1.30. The molecule has 1 rings (SSSR count). The molecule has 1 amide bonds. The van der Waals surface area contributed by atoms with E-state index in [1.807, 2.05) is 13.8 Å². The first-order valence-electron chi connectivity index (χ1n) is 5.01. The summed E-state index contributed by atoms with van der Waals surface area (Å²) >= 11 is 1.39. The van der Waals surface area contributed by atoms with E-state index < -0.39 is 0 Å². The zero-order valence-corrected chi connectivity index (χ0v) is 9.88. The Morgan fingerprint density at radius 2 is 2.33 bits per heavy atom. The highest BCUT2D eigenvalue weighted by Crippen LogP contribution is 2.14. The second kappa shape index (κ2) is 5.82. The summed E-state index contributed by atoms with van der Waals surface area (Å²) in [5.41, 5.74) is 0. The van der Waals surface area contributed by atoms with Gasteiger partial charge in [0.15, 0.2) is 0 Å². The summed E-state index contributed by atoms with van der Waals surface area (Å²) in [5.74, 6) is -0.0310. The average molecular weight is 228 g/mol. The number of carbonyl (C=O) groups excluding carboxylic acids is 1. The number of aryl methyl sites for hydroxylation is 1. The molecule has 0 atom stereocenters. The van der Waals surface area contributed by atoms with Gasteiger partial charge in [-0.15, -0.1) is 11.3 Å². The third kappa shape index (κ3) is 3.28. The van der Waals surface area contributed by atoms with E-state index in [9.17, 15) is 4.79 Å². The summed E-state index contributed by atoms with van der Waals surface area (Å²) < 4.78 is 0. The highest BCUT2D eigenvalue weighted by atomic mass is 32.1. The lowest BCUT2D eigenvalue weighted by Crippen LogP contribution is -2.33. The van der Waals surface area contributed by atoms with Gasteiger partial charge in [0.05, 0.1) is 17.8 Å². The van der Waals surface area contributed by atoms with Gasteiger partial charge in [0.1, 0.15) is 4.88 Å². The number of carbonyl (C=O) groups is 1. The normalized spacial score (nSPS) is 10.3. The number of rotatable bonds is 5. The second-order valence-corrected chi connectivity index (χ2v) is 4.49.